The molecule has 96 valence electrons. The van der Waals surface area contributed by atoms with Crippen molar-refractivity contribution in [1.29, 1.82) is 0 Å². The van der Waals surface area contributed by atoms with Gasteiger partial charge in [-0.25, -0.2) is 8.42 Å². The predicted octanol–water partition coefficient (Wildman–Crippen LogP) is 2.51. The molecule has 0 radical (unpaired) electrons. The van der Waals surface area contributed by atoms with Crippen LogP contribution in [-0.4, -0.2) is 20.7 Å². The summed E-state index contributed by atoms with van der Waals surface area (Å²) in [4.78, 5) is 0. The summed E-state index contributed by atoms with van der Waals surface area (Å²) in [5.74, 6) is 0.545. The van der Waals surface area contributed by atoms with Gasteiger partial charge in [0.2, 0.25) is 10.0 Å². The summed E-state index contributed by atoms with van der Waals surface area (Å²) in [6.45, 7) is 6.42. The summed E-state index contributed by atoms with van der Waals surface area (Å²) < 4.78 is 24.5. The van der Waals surface area contributed by atoms with Crippen LogP contribution in [0.4, 0.5) is 11.4 Å². The molecular weight excluding hydrogens is 236 g/mol. The molecule has 0 spiro atoms. The first-order valence-electron chi connectivity index (χ1n) is 5.62. The van der Waals surface area contributed by atoms with Gasteiger partial charge in [-0.15, -0.1) is 0 Å². The van der Waals surface area contributed by atoms with Crippen molar-refractivity contribution in [3.8, 4) is 0 Å². The van der Waals surface area contributed by atoms with E-state index in [-0.39, 0.29) is 0 Å². The lowest BCUT2D eigenvalue weighted by atomic mass is 10.1. The van der Waals surface area contributed by atoms with Gasteiger partial charge in [-0.1, -0.05) is 13.8 Å². The average Bonchev–Trinajstić information content (AvgIpc) is 2.18. The highest BCUT2D eigenvalue weighted by atomic mass is 32.2. The first-order valence-corrected chi connectivity index (χ1v) is 7.51. The van der Waals surface area contributed by atoms with E-state index in [9.17, 15) is 8.42 Å². The molecular formula is C12H20N2O2S. The third-order valence-corrected chi connectivity index (χ3v) is 3.19. The van der Waals surface area contributed by atoms with Gasteiger partial charge in [-0.3, -0.25) is 4.72 Å². The van der Waals surface area contributed by atoms with Crippen molar-refractivity contribution in [2.75, 3.05) is 16.3 Å². The SMILES string of the molecule is CC(C)C(C)Nc1ccc(NS(C)(=O)=O)cc1. The molecule has 5 heteroatoms. The molecule has 0 saturated carbocycles. The number of hydrogen-bond donors (Lipinski definition) is 2. The summed E-state index contributed by atoms with van der Waals surface area (Å²) in [7, 11) is -3.20. The Morgan fingerprint density at radius 2 is 1.47 bits per heavy atom. The number of rotatable bonds is 5. The molecule has 0 heterocycles. The third-order valence-electron chi connectivity index (χ3n) is 2.58. The minimum absolute atomic E-state index is 0.378. The topological polar surface area (TPSA) is 58.2 Å². The number of sulfonamides is 1. The molecule has 1 atom stereocenters. The van der Waals surface area contributed by atoms with Crippen molar-refractivity contribution >= 4 is 21.4 Å². The Labute approximate surface area is 103 Å². The van der Waals surface area contributed by atoms with E-state index in [4.69, 9.17) is 0 Å². The summed E-state index contributed by atoms with van der Waals surface area (Å²) in [5.41, 5.74) is 1.57. The molecule has 1 rings (SSSR count). The molecule has 0 saturated heterocycles. The average molecular weight is 256 g/mol. The van der Waals surface area contributed by atoms with Gasteiger partial charge < -0.3 is 5.32 Å². The zero-order chi connectivity index (χ0) is 13.1. The fraction of sp³-hybridized carbons (Fsp3) is 0.500. The Morgan fingerprint density at radius 3 is 1.88 bits per heavy atom. The van der Waals surface area contributed by atoms with Crippen molar-refractivity contribution in [3.05, 3.63) is 24.3 Å². The number of benzene rings is 1. The van der Waals surface area contributed by atoms with Crippen LogP contribution in [0.3, 0.4) is 0 Å². The van der Waals surface area contributed by atoms with Crippen LogP contribution in [0.1, 0.15) is 20.8 Å². The number of nitrogens with one attached hydrogen (secondary N) is 2. The summed E-state index contributed by atoms with van der Waals surface area (Å²) >= 11 is 0. The Bertz CT molecular complexity index is 452. The van der Waals surface area contributed by atoms with Crippen LogP contribution in [0.5, 0.6) is 0 Å². The van der Waals surface area contributed by atoms with E-state index in [0.29, 0.717) is 17.6 Å². The molecule has 0 aliphatic carbocycles. The monoisotopic (exact) mass is 256 g/mol. The highest BCUT2D eigenvalue weighted by molar-refractivity contribution is 7.92. The Hall–Kier alpha value is -1.23. The fourth-order valence-corrected chi connectivity index (χ4v) is 1.84. The Balaban J connectivity index is 2.68. The van der Waals surface area contributed by atoms with E-state index < -0.39 is 10.0 Å². The molecule has 1 aromatic carbocycles. The smallest absolute Gasteiger partial charge is 0.229 e. The van der Waals surface area contributed by atoms with Crippen molar-refractivity contribution in [3.63, 3.8) is 0 Å². The largest absolute Gasteiger partial charge is 0.382 e. The van der Waals surface area contributed by atoms with E-state index in [1.165, 1.54) is 0 Å². The Morgan fingerprint density at radius 1 is 1.00 bits per heavy atom. The van der Waals surface area contributed by atoms with Gasteiger partial charge in [0.1, 0.15) is 0 Å². The Kier molecular flexibility index (Phi) is 4.40. The normalized spacial score (nSPS) is 13.5. The van der Waals surface area contributed by atoms with E-state index in [0.717, 1.165) is 11.9 Å². The van der Waals surface area contributed by atoms with E-state index >= 15 is 0 Å². The summed E-state index contributed by atoms with van der Waals surface area (Å²) in [6.07, 6.45) is 1.14. The maximum atomic E-state index is 11.0. The van der Waals surface area contributed by atoms with Gasteiger partial charge in [0, 0.05) is 17.4 Å². The van der Waals surface area contributed by atoms with Crippen LogP contribution in [0.25, 0.3) is 0 Å². The standard InChI is InChI=1S/C12H20N2O2S/c1-9(2)10(3)13-11-5-7-12(8-6-11)14-17(4,15)16/h5-10,13-14H,1-4H3. The van der Waals surface area contributed by atoms with Gasteiger partial charge in [-0.2, -0.15) is 0 Å². The lowest BCUT2D eigenvalue weighted by Gasteiger charge is -2.19. The van der Waals surface area contributed by atoms with E-state index in [1.54, 1.807) is 12.1 Å². The molecule has 2 N–H and O–H groups in total. The van der Waals surface area contributed by atoms with E-state index in [1.807, 2.05) is 12.1 Å². The van der Waals surface area contributed by atoms with Crippen molar-refractivity contribution in [1.82, 2.24) is 0 Å². The molecule has 1 aromatic rings. The first-order chi connectivity index (χ1) is 7.78. The molecule has 0 aliphatic heterocycles. The summed E-state index contributed by atoms with van der Waals surface area (Å²) in [6, 6.07) is 7.61. The van der Waals surface area contributed by atoms with Gasteiger partial charge in [0.05, 0.1) is 6.26 Å². The number of hydrogen-bond acceptors (Lipinski definition) is 3. The molecule has 0 fully saturated rings. The van der Waals surface area contributed by atoms with Gasteiger partial charge in [-0.05, 0) is 37.1 Å². The van der Waals surface area contributed by atoms with E-state index in [2.05, 4.69) is 30.8 Å². The van der Waals surface area contributed by atoms with Gasteiger partial charge in [0.15, 0.2) is 0 Å². The first kappa shape index (κ1) is 13.8. The van der Waals surface area contributed by atoms with Gasteiger partial charge >= 0.3 is 0 Å². The predicted molar refractivity (Wildman–Crippen MR) is 72.8 cm³/mol. The highest BCUT2D eigenvalue weighted by Crippen LogP contribution is 2.16. The summed E-state index contributed by atoms with van der Waals surface area (Å²) in [5, 5.41) is 3.35. The maximum absolute atomic E-state index is 11.0. The van der Waals surface area contributed by atoms with Crippen LogP contribution in [0.15, 0.2) is 24.3 Å². The van der Waals surface area contributed by atoms with Crippen molar-refractivity contribution in [2.24, 2.45) is 5.92 Å². The third kappa shape index (κ3) is 5.08. The lowest BCUT2D eigenvalue weighted by molar-refractivity contribution is 0.560. The van der Waals surface area contributed by atoms with Crippen molar-refractivity contribution in [2.45, 2.75) is 26.8 Å². The van der Waals surface area contributed by atoms with Crippen LogP contribution >= 0.6 is 0 Å². The number of anilines is 2. The van der Waals surface area contributed by atoms with Crippen LogP contribution in [-0.2, 0) is 10.0 Å². The van der Waals surface area contributed by atoms with Crippen LogP contribution in [0, 0.1) is 5.92 Å². The van der Waals surface area contributed by atoms with Crippen LogP contribution < -0.4 is 10.0 Å². The second kappa shape index (κ2) is 5.40. The molecule has 0 amide bonds. The second-order valence-corrected chi connectivity index (χ2v) is 6.38. The lowest BCUT2D eigenvalue weighted by Crippen LogP contribution is -2.21. The highest BCUT2D eigenvalue weighted by Gasteiger charge is 2.06. The molecule has 0 aromatic heterocycles. The minimum atomic E-state index is -3.20. The molecule has 1 unspecified atom stereocenters. The zero-order valence-corrected chi connectivity index (χ0v) is 11.5. The molecule has 0 aliphatic rings. The zero-order valence-electron chi connectivity index (χ0n) is 10.7. The quantitative estimate of drug-likeness (QED) is 0.851. The molecule has 17 heavy (non-hydrogen) atoms. The maximum Gasteiger partial charge on any atom is 0.229 e. The molecule has 4 nitrogen and oxygen atoms in total. The molecule has 0 bridgehead atoms. The second-order valence-electron chi connectivity index (χ2n) is 4.63. The van der Waals surface area contributed by atoms with Gasteiger partial charge in [0.25, 0.3) is 0 Å². The minimum Gasteiger partial charge on any atom is -0.382 e. The fourth-order valence-electron chi connectivity index (χ4n) is 1.28. The van der Waals surface area contributed by atoms with Crippen LogP contribution in [0.2, 0.25) is 0 Å². The van der Waals surface area contributed by atoms with Crippen molar-refractivity contribution < 1.29 is 8.42 Å².